The van der Waals surface area contributed by atoms with E-state index < -0.39 is 5.82 Å². The van der Waals surface area contributed by atoms with E-state index in [9.17, 15) is 9.50 Å². The van der Waals surface area contributed by atoms with Crippen molar-refractivity contribution in [2.45, 2.75) is 0 Å². The Morgan fingerprint density at radius 3 is 2.12 bits per heavy atom. The molecule has 0 saturated carbocycles. The Hall–Kier alpha value is -2.29. The number of aromatic hydroxyl groups is 1. The van der Waals surface area contributed by atoms with E-state index in [-0.39, 0.29) is 11.5 Å². The zero-order valence-corrected chi connectivity index (χ0v) is 9.02. The van der Waals surface area contributed by atoms with Crippen molar-refractivity contribution in [2.24, 2.45) is 0 Å². The summed E-state index contributed by atoms with van der Waals surface area (Å²) in [4.78, 5) is 0. The maximum absolute atomic E-state index is 13.2. The first-order chi connectivity index (χ1) is 8.08. The molecule has 2 rings (SSSR count). The predicted octanol–water partition coefficient (Wildman–Crippen LogP) is 3.73. The van der Waals surface area contributed by atoms with Crippen molar-refractivity contribution < 1.29 is 14.6 Å². The van der Waals surface area contributed by atoms with E-state index in [1.165, 1.54) is 12.1 Å². The summed E-state index contributed by atoms with van der Waals surface area (Å²) in [5.74, 6) is -1.03. The third-order valence-electron chi connectivity index (χ3n) is 2.50. The van der Waals surface area contributed by atoms with Crippen LogP contribution in [0.5, 0.6) is 5.75 Å². The summed E-state index contributed by atoms with van der Waals surface area (Å²) < 4.78 is 13.2. The molecule has 0 amide bonds. The molecule has 2 N–H and O–H groups in total. The van der Waals surface area contributed by atoms with Crippen LogP contribution in [0.4, 0.5) is 4.39 Å². The molecule has 2 aromatic rings. The largest absolute Gasteiger partial charge is 0.508 e. The number of aliphatic hydroxyl groups excluding tert-OH is 1. The minimum absolute atomic E-state index is 0.00608. The summed E-state index contributed by atoms with van der Waals surface area (Å²) in [6.45, 7) is 3.42. The summed E-state index contributed by atoms with van der Waals surface area (Å²) in [5, 5.41) is 18.3. The number of phenols is 1. The van der Waals surface area contributed by atoms with Crippen LogP contribution in [0.15, 0.2) is 49.0 Å². The second kappa shape index (κ2) is 4.29. The van der Waals surface area contributed by atoms with Gasteiger partial charge in [0.25, 0.3) is 0 Å². The van der Waals surface area contributed by atoms with E-state index in [4.69, 9.17) is 5.11 Å². The average Bonchev–Trinajstić information content (AvgIpc) is 2.33. The third kappa shape index (κ3) is 2.28. The van der Waals surface area contributed by atoms with Gasteiger partial charge in [-0.25, -0.2) is 4.39 Å². The van der Waals surface area contributed by atoms with Crippen LogP contribution in [0.1, 0.15) is 5.56 Å². The fourth-order valence-corrected chi connectivity index (χ4v) is 1.54. The standard InChI is InChI=1S/C14H11FO2/c1-9(16)10-2-4-11(5-3-10)12-6-7-14(17)13(15)8-12/h2-8,16-17H,1H2. The molecule has 0 aliphatic rings. The second-order valence-corrected chi connectivity index (χ2v) is 3.69. The van der Waals surface area contributed by atoms with Crippen LogP contribution in [0.3, 0.4) is 0 Å². The molecule has 17 heavy (non-hydrogen) atoms. The Kier molecular flexibility index (Phi) is 2.83. The molecule has 86 valence electrons. The molecule has 0 radical (unpaired) electrons. The fourth-order valence-electron chi connectivity index (χ4n) is 1.54. The van der Waals surface area contributed by atoms with Gasteiger partial charge in [-0.3, -0.25) is 0 Å². The van der Waals surface area contributed by atoms with Crippen LogP contribution >= 0.6 is 0 Å². The van der Waals surface area contributed by atoms with Gasteiger partial charge in [0.05, 0.1) is 0 Å². The summed E-state index contributed by atoms with van der Waals surface area (Å²) in [6, 6.07) is 11.1. The van der Waals surface area contributed by atoms with Crippen molar-refractivity contribution in [3.63, 3.8) is 0 Å². The lowest BCUT2D eigenvalue weighted by Crippen LogP contribution is -1.84. The van der Waals surface area contributed by atoms with Gasteiger partial charge in [-0.1, -0.05) is 36.9 Å². The number of benzene rings is 2. The molecule has 3 heteroatoms. The van der Waals surface area contributed by atoms with Gasteiger partial charge >= 0.3 is 0 Å². The van der Waals surface area contributed by atoms with Gasteiger partial charge in [-0.15, -0.1) is 0 Å². The van der Waals surface area contributed by atoms with E-state index in [2.05, 4.69) is 6.58 Å². The van der Waals surface area contributed by atoms with Crippen LogP contribution in [0, 0.1) is 5.82 Å². The van der Waals surface area contributed by atoms with Gasteiger partial charge in [0, 0.05) is 5.56 Å². The molecule has 2 nitrogen and oxygen atoms in total. The highest BCUT2D eigenvalue weighted by atomic mass is 19.1. The number of aliphatic hydroxyl groups is 1. The maximum atomic E-state index is 13.2. The van der Waals surface area contributed by atoms with Crippen molar-refractivity contribution in [3.05, 3.63) is 60.4 Å². The second-order valence-electron chi connectivity index (χ2n) is 3.69. The van der Waals surface area contributed by atoms with Crippen LogP contribution in [0.2, 0.25) is 0 Å². The molecule has 0 aliphatic heterocycles. The van der Waals surface area contributed by atoms with Gasteiger partial charge in [-0.05, 0) is 23.3 Å². The molecular formula is C14H11FO2. The number of rotatable bonds is 2. The molecule has 0 fully saturated rings. The Labute approximate surface area is 98.3 Å². The summed E-state index contributed by atoms with van der Waals surface area (Å²) >= 11 is 0. The monoisotopic (exact) mass is 230 g/mol. The quantitative estimate of drug-likeness (QED) is 0.772. The van der Waals surface area contributed by atoms with Crippen LogP contribution in [-0.2, 0) is 0 Å². The van der Waals surface area contributed by atoms with Gasteiger partial charge in [0.2, 0.25) is 0 Å². The van der Waals surface area contributed by atoms with Crippen molar-refractivity contribution in [1.82, 2.24) is 0 Å². The van der Waals surface area contributed by atoms with Crippen molar-refractivity contribution >= 4 is 5.76 Å². The lowest BCUT2D eigenvalue weighted by atomic mass is 10.0. The summed E-state index contributed by atoms with van der Waals surface area (Å²) in [6.07, 6.45) is 0. The highest BCUT2D eigenvalue weighted by Gasteiger charge is 2.04. The lowest BCUT2D eigenvalue weighted by Gasteiger charge is -2.04. The van der Waals surface area contributed by atoms with Crippen LogP contribution in [0.25, 0.3) is 16.9 Å². The molecular weight excluding hydrogens is 219 g/mol. The van der Waals surface area contributed by atoms with Gasteiger partial charge < -0.3 is 10.2 Å². The zero-order valence-electron chi connectivity index (χ0n) is 9.02. The van der Waals surface area contributed by atoms with E-state index in [0.29, 0.717) is 11.1 Å². The highest BCUT2D eigenvalue weighted by Crippen LogP contribution is 2.25. The van der Waals surface area contributed by atoms with E-state index >= 15 is 0 Å². The Morgan fingerprint density at radius 1 is 1.00 bits per heavy atom. The minimum atomic E-state index is -0.654. The molecule has 0 bridgehead atoms. The molecule has 0 aliphatic carbocycles. The van der Waals surface area contributed by atoms with E-state index in [1.807, 2.05) is 0 Å². The molecule has 0 aromatic heterocycles. The molecule has 0 spiro atoms. The van der Waals surface area contributed by atoms with Crippen molar-refractivity contribution in [3.8, 4) is 16.9 Å². The van der Waals surface area contributed by atoms with Crippen LogP contribution in [-0.4, -0.2) is 10.2 Å². The predicted molar refractivity (Wildman–Crippen MR) is 65.2 cm³/mol. The average molecular weight is 230 g/mol. The lowest BCUT2D eigenvalue weighted by molar-refractivity contribution is 0.432. The van der Waals surface area contributed by atoms with Gasteiger partial charge in [0.1, 0.15) is 5.76 Å². The number of hydrogen-bond donors (Lipinski definition) is 2. The highest BCUT2D eigenvalue weighted by molar-refractivity contribution is 5.67. The maximum Gasteiger partial charge on any atom is 0.165 e. The normalized spacial score (nSPS) is 10.2. The fraction of sp³-hybridized carbons (Fsp3) is 0. The molecule has 2 aromatic carbocycles. The molecule has 0 heterocycles. The van der Waals surface area contributed by atoms with Crippen LogP contribution < -0.4 is 0 Å². The topological polar surface area (TPSA) is 40.5 Å². The molecule has 0 saturated heterocycles. The smallest absolute Gasteiger partial charge is 0.165 e. The first kappa shape index (κ1) is 11.2. The SMILES string of the molecule is C=C(O)c1ccc(-c2ccc(O)c(F)c2)cc1. The number of phenolic OH excluding ortho intramolecular Hbond substituents is 1. The minimum Gasteiger partial charge on any atom is -0.508 e. The third-order valence-corrected chi connectivity index (χ3v) is 2.50. The zero-order chi connectivity index (χ0) is 12.4. The van der Waals surface area contributed by atoms with E-state index in [0.717, 1.165) is 5.56 Å². The molecule has 0 atom stereocenters. The van der Waals surface area contributed by atoms with Gasteiger partial charge in [0.15, 0.2) is 11.6 Å². The summed E-state index contributed by atoms with van der Waals surface area (Å²) in [7, 11) is 0. The van der Waals surface area contributed by atoms with Crippen molar-refractivity contribution in [1.29, 1.82) is 0 Å². The number of hydrogen-bond acceptors (Lipinski definition) is 2. The van der Waals surface area contributed by atoms with Gasteiger partial charge in [-0.2, -0.15) is 0 Å². The first-order valence-corrected chi connectivity index (χ1v) is 5.05. The summed E-state index contributed by atoms with van der Waals surface area (Å²) in [5.41, 5.74) is 2.08. The first-order valence-electron chi connectivity index (χ1n) is 5.05. The Balaban J connectivity index is 2.39. The Morgan fingerprint density at radius 2 is 1.59 bits per heavy atom. The van der Waals surface area contributed by atoms with E-state index in [1.54, 1.807) is 30.3 Å². The number of halogens is 1. The molecule has 0 unspecified atom stereocenters. The Bertz CT molecular complexity index is 559. The van der Waals surface area contributed by atoms with Crippen molar-refractivity contribution in [2.75, 3.05) is 0 Å².